The summed E-state index contributed by atoms with van der Waals surface area (Å²) in [5.74, 6) is -0.204. The van der Waals surface area contributed by atoms with E-state index >= 15 is 0 Å². The van der Waals surface area contributed by atoms with Crippen LogP contribution < -0.4 is 5.32 Å². The van der Waals surface area contributed by atoms with E-state index in [1.54, 1.807) is 23.6 Å². The van der Waals surface area contributed by atoms with Gasteiger partial charge >= 0.3 is 12.2 Å². The van der Waals surface area contributed by atoms with E-state index in [2.05, 4.69) is 5.32 Å². The minimum atomic E-state index is -0.701. The Morgan fingerprint density at radius 3 is 2.27 bits per heavy atom. The molecule has 0 spiro atoms. The number of carbonyl (C=O) groups is 3. The van der Waals surface area contributed by atoms with Gasteiger partial charge in [-0.05, 0) is 19.4 Å². The molecule has 1 heterocycles. The van der Waals surface area contributed by atoms with Gasteiger partial charge < -0.3 is 24.6 Å². The van der Waals surface area contributed by atoms with E-state index in [0.29, 0.717) is 32.8 Å². The highest BCUT2D eigenvalue weighted by Gasteiger charge is 2.28. The highest BCUT2D eigenvalue weighted by molar-refractivity contribution is 5.85. The van der Waals surface area contributed by atoms with Gasteiger partial charge in [0.05, 0.1) is 6.61 Å². The maximum absolute atomic E-state index is 12.4. The smallest absolute Gasteiger partial charge is 0.409 e. The molecular weight excluding hydrogens is 338 g/mol. The summed E-state index contributed by atoms with van der Waals surface area (Å²) in [5.41, 5.74) is 0.872. The van der Waals surface area contributed by atoms with E-state index in [4.69, 9.17) is 9.47 Å². The number of alkyl carbamates (subject to hydrolysis) is 1. The zero-order chi connectivity index (χ0) is 18.9. The molecule has 1 atom stereocenters. The van der Waals surface area contributed by atoms with Crippen molar-refractivity contribution in [3.8, 4) is 0 Å². The molecule has 0 aliphatic carbocycles. The number of piperazine rings is 1. The van der Waals surface area contributed by atoms with Gasteiger partial charge in [-0.2, -0.15) is 0 Å². The first-order valence-electron chi connectivity index (χ1n) is 8.69. The molecule has 2 rings (SSSR count). The predicted molar refractivity (Wildman–Crippen MR) is 94.4 cm³/mol. The van der Waals surface area contributed by atoms with Crippen molar-refractivity contribution in [3.05, 3.63) is 35.9 Å². The average Bonchev–Trinajstić information content (AvgIpc) is 2.67. The molecule has 0 saturated carbocycles. The SMILES string of the molecule is CCOC(=O)N1CCN(C(=O)[C@H](C)NC(=O)OCc2ccccc2)CC1. The molecule has 0 bridgehead atoms. The zero-order valence-corrected chi connectivity index (χ0v) is 15.1. The predicted octanol–water partition coefficient (Wildman–Crippen LogP) is 1.60. The Kier molecular flexibility index (Phi) is 7.25. The van der Waals surface area contributed by atoms with Crippen LogP contribution in [0, 0.1) is 0 Å². The van der Waals surface area contributed by atoms with Crippen LogP contribution in [0.25, 0.3) is 0 Å². The summed E-state index contributed by atoms with van der Waals surface area (Å²) in [6.45, 7) is 5.47. The Balaban J connectivity index is 1.73. The van der Waals surface area contributed by atoms with Crippen LogP contribution in [0.4, 0.5) is 9.59 Å². The Labute approximate surface area is 153 Å². The van der Waals surface area contributed by atoms with Crippen molar-refractivity contribution >= 4 is 18.1 Å². The normalized spacial score (nSPS) is 15.2. The van der Waals surface area contributed by atoms with Crippen molar-refractivity contribution in [2.75, 3.05) is 32.8 Å². The van der Waals surface area contributed by atoms with Crippen LogP contribution in [0.15, 0.2) is 30.3 Å². The molecular formula is C18H25N3O5. The van der Waals surface area contributed by atoms with Crippen molar-refractivity contribution in [1.29, 1.82) is 0 Å². The number of hydrogen-bond acceptors (Lipinski definition) is 5. The number of nitrogens with zero attached hydrogens (tertiary/aromatic N) is 2. The van der Waals surface area contributed by atoms with Crippen molar-refractivity contribution in [1.82, 2.24) is 15.1 Å². The van der Waals surface area contributed by atoms with Gasteiger partial charge in [-0.25, -0.2) is 9.59 Å². The highest BCUT2D eigenvalue weighted by atomic mass is 16.6. The van der Waals surface area contributed by atoms with Crippen LogP contribution in [-0.4, -0.2) is 66.7 Å². The molecule has 0 aromatic heterocycles. The molecule has 142 valence electrons. The molecule has 1 aliphatic rings. The monoisotopic (exact) mass is 363 g/mol. The fourth-order valence-electron chi connectivity index (χ4n) is 2.60. The maximum Gasteiger partial charge on any atom is 0.409 e. The van der Waals surface area contributed by atoms with E-state index in [9.17, 15) is 14.4 Å². The molecule has 1 N–H and O–H groups in total. The fourth-order valence-corrected chi connectivity index (χ4v) is 2.60. The van der Waals surface area contributed by atoms with Gasteiger partial charge in [0, 0.05) is 26.2 Å². The van der Waals surface area contributed by atoms with Gasteiger partial charge in [0.2, 0.25) is 5.91 Å². The van der Waals surface area contributed by atoms with Gasteiger partial charge in [-0.1, -0.05) is 30.3 Å². The van der Waals surface area contributed by atoms with Crippen molar-refractivity contribution < 1.29 is 23.9 Å². The molecule has 26 heavy (non-hydrogen) atoms. The second kappa shape index (κ2) is 9.65. The second-order valence-electron chi connectivity index (χ2n) is 5.94. The standard InChI is InChI=1S/C18H25N3O5/c1-3-25-18(24)21-11-9-20(10-12-21)16(22)14(2)19-17(23)26-13-15-7-5-4-6-8-15/h4-8,14H,3,9-13H2,1-2H3,(H,19,23)/t14-/m0/s1. The lowest BCUT2D eigenvalue weighted by Crippen LogP contribution is -2.55. The number of hydrogen-bond donors (Lipinski definition) is 1. The summed E-state index contributed by atoms with van der Waals surface area (Å²) < 4.78 is 10.1. The molecule has 3 amide bonds. The Morgan fingerprint density at radius 2 is 1.65 bits per heavy atom. The van der Waals surface area contributed by atoms with Gasteiger partial charge in [-0.3, -0.25) is 4.79 Å². The van der Waals surface area contributed by atoms with E-state index in [1.807, 2.05) is 30.3 Å². The lowest BCUT2D eigenvalue weighted by Gasteiger charge is -2.35. The molecule has 1 aromatic carbocycles. The van der Waals surface area contributed by atoms with Gasteiger partial charge in [0.1, 0.15) is 12.6 Å². The average molecular weight is 363 g/mol. The van der Waals surface area contributed by atoms with Crippen molar-refractivity contribution in [2.45, 2.75) is 26.5 Å². The van der Waals surface area contributed by atoms with Crippen molar-refractivity contribution in [3.63, 3.8) is 0 Å². The van der Waals surface area contributed by atoms with Crippen LogP contribution >= 0.6 is 0 Å². The molecule has 1 fully saturated rings. The van der Waals surface area contributed by atoms with Crippen LogP contribution in [-0.2, 0) is 20.9 Å². The molecule has 1 aliphatic heterocycles. The van der Waals surface area contributed by atoms with Gasteiger partial charge in [-0.15, -0.1) is 0 Å². The van der Waals surface area contributed by atoms with E-state index in [-0.39, 0.29) is 18.6 Å². The summed E-state index contributed by atoms with van der Waals surface area (Å²) in [6.07, 6.45) is -1.00. The van der Waals surface area contributed by atoms with Crippen LogP contribution in [0.1, 0.15) is 19.4 Å². The Bertz CT molecular complexity index is 615. The number of amides is 3. The Morgan fingerprint density at radius 1 is 1.04 bits per heavy atom. The van der Waals surface area contributed by atoms with Crippen LogP contribution in [0.5, 0.6) is 0 Å². The first-order valence-corrected chi connectivity index (χ1v) is 8.69. The summed E-state index contributed by atoms with van der Waals surface area (Å²) in [4.78, 5) is 39.1. The van der Waals surface area contributed by atoms with E-state index < -0.39 is 12.1 Å². The fraction of sp³-hybridized carbons (Fsp3) is 0.500. The molecule has 8 nitrogen and oxygen atoms in total. The number of rotatable bonds is 5. The first-order chi connectivity index (χ1) is 12.5. The summed E-state index contributed by atoms with van der Waals surface area (Å²) in [6, 6.07) is 8.60. The zero-order valence-electron chi connectivity index (χ0n) is 15.1. The number of carbonyl (C=O) groups excluding carboxylic acids is 3. The minimum Gasteiger partial charge on any atom is -0.450 e. The number of benzene rings is 1. The quantitative estimate of drug-likeness (QED) is 0.858. The van der Waals surface area contributed by atoms with Crippen LogP contribution in [0.2, 0.25) is 0 Å². The van der Waals surface area contributed by atoms with E-state index in [1.165, 1.54) is 0 Å². The lowest BCUT2D eigenvalue weighted by atomic mass is 10.2. The minimum absolute atomic E-state index is 0.145. The summed E-state index contributed by atoms with van der Waals surface area (Å²) in [5, 5.41) is 2.54. The van der Waals surface area contributed by atoms with Crippen LogP contribution in [0.3, 0.4) is 0 Å². The highest BCUT2D eigenvalue weighted by Crippen LogP contribution is 2.06. The summed E-state index contributed by atoms with van der Waals surface area (Å²) >= 11 is 0. The molecule has 8 heteroatoms. The number of ether oxygens (including phenoxy) is 2. The summed E-state index contributed by atoms with van der Waals surface area (Å²) in [7, 11) is 0. The third-order valence-corrected chi connectivity index (χ3v) is 4.03. The largest absolute Gasteiger partial charge is 0.450 e. The van der Waals surface area contributed by atoms with Crippen molar-refractivity contribution in [2.24, 2.45) is 0 Å². The first kappa shape index (κ1) is 19.6. The molecule has 1 aromatic rings. The maximum atomic E-state index is 12.4. The second-order valence-corrected chi connectivity index (χ2v) is 5.94. The van der Waals surface area contributed by atoms with Gasteiger partial charge in [0.25, 0.3) is 0 Å². The topological polar surface area (TPSA) is 88.2 Å². The van der Waals surface area contributed by atoms with Gasteiger partial charge in [0.15, 0.2) is 0 Å². The molecule has 1 saturated heterocycles. The lowest BCUT2D eigenvalue weighted by molar-refractivity contribution is -0.134. The third kappa shape index (κ3) is 5.65. The number of nitrogens with one attached hydrogen (secondary N) is 1. The molecule has 0 radical (unpaired) electrons. The molecule has 0 unspecified atom stereocenters. The third-order valence-electron chi connectivity index (χ3n) is 4.03. The Hall–Kier alpha value is -2.77. The van der Waals surface area contributed by atoms with E-state index in [0.717, 1.165) is 5.56 Å².